The van der Waals surface area contributed by atoms with Crippen molar-refractivity contribution in [1.29, 1.82) is 0 Å². The third kappa shape index (κ3) is 3.63. The summed E-state index contributed by atoms with van der Waals surface area (Å²) in [4.78, 5) is 5.76. The number of nitrogens with one attached hydrogen (secondary N) is 1. The Morgan fingerprint density at radius 3 is 2.82 bits per heavy atom. The maximum Gasteiger partial charge on any atom is 0.0419 e. The van der Waals surface area contributed by atoms with Crippen molar-refractivity contribution in [1.82, 2.24) is 10.3 Å². The Hall–Kier alpha value is -0.710. The number of likely N-dealkylation sites (N-methyl/N-ethyl adjacent to an activating group) is 1. The van der Waals surface area contributed by atoms with Crippen molar-refractivity contribution >= 4 is 27.3 Å². The Morgan fingerprint density at radius 1 is 1.35 bits per heavy atom. The molecule has 0 saturated heterocycles. The number of aromatic nitrogens is 1. The number of pyridine rings is 1. The third-order valence-electron chi connectivity index (χ3n) is 2.71. The Bertz CT molecular complexity index is 455. The van der Waals surface area contributed by atoms with Crippen LogP contribution in [0.3, 0.4) is 0 Å². The van der Waals surface area contributed by atoms with Gasteiger partial charge in [0.25, 0.3) is 0 Å². The topological polar surface area (TPSA) is 24.9 Å². The van der Waals surface area contributed by atoms with E-state index in [2.05, 4.69) is 43.7 Å². The van der Waals surface area contributed by atoms with Crippen LogP contribution in [0.2, 0.25) is 0 Å². The van der Waals surface area contributed by atoms with Crippen molar-refractivity contribution in [2.75, 3.05) is 7.05 Å². The van der Waals surface area contributed by atoms with Gasteiger partial charge in [0.05, 0.1) is 0 Å². The van der Waals surface area contributed by atoms with Gasteiger partial charge in [-0.2, -0.15) is 0 Å². The second-order valence-electron chi connectivity index (χ2n) is 3.91. The van der Waals surface area contributed by atoms with Crippen LogP contribution in [0.15, 0.2) is 40.3 Å². The molecule has 1 N–H and O–H groups in total. The number of halogens is 1. The first-order valence-electron chi connectivity index (χ1n) is 5.58. The average Bonchev–Trinajstić information content (AvgIpc) is 2.75. The van der Waals surface area contributed by atoms with E-state index in [1.54, 1.807) is 11.3 Å². The summed E-state index contributed by atoms with van der Waals surface area (Å²) < 4.78 is 1.21. The summed E-state index contributed by atoms with van der Waals surface area (Å²) >= 11 is 5.37. The highest BCUT2D eigenvalue weighted by atomic mass is 79.9. The lowest BCUT2D eigenvalue weighted by atomic mass is 10.1. The molecule has 0 amide bonds. The Morgan fingerprint density at radius 2 is 2.24 bits per heavy atom. The minimum atomic E-state index is 0.430. The molecule has 2 aromatic heterocycles. The summed E-state index contributed by atoms with van der Waals surface area (Å²) in [6, 6.07) is 8.60. The van der Waals surface area contributed by atoms with Gasteiger partial charge in [-0.15, -0.1) is 11.3 Å². The van der Waals surface area contributed by atoms with Gasteiger partial charge in [0, 0.05) is 33.7 Å². The second kappa shape index (κ2) is 6.28. The minimum Gasteiger partial charge on any atom is -0.316 e. The molecule has 2 rings (SSSR count). The van der Waals surface area contributed by atoms with Crippen LogP contribution in [-0.4, -0.2) is 18.1 Å². The zero-order valence-electron chi connectivity index (χ0n) is 9.69. The van der Waals surface area contributed by atoms with Crippen LogP contribution in [0.4, 0.5) is 0 Å². The fourth-order valence-corrected chi connectivity index (χ4v) is 3.34. The molecule has 2 nitrogen and oxygen atoms in total. The van der Waals surface area contributed by atoms with E-state index in [0.29, 0.717) is 6.04 Å². The van der Waals surface area contributed by atoms with Crippen molar-refractivity contribution < 1.29 is 0 Å². The predicted molar refractivity (Wildman–Crippen MR) is 76.5 cm³/mol. The molecule has 0 saturated carbocycles. The molecule has 4 heteroatoms. The molecule has 17 heavy (non-hydrogen) atoms. The van der Waals surface area contributed by atoms with E-state index in [0.717, 1.165) is 18.5 Å². The molecule has 1 atom stereocenters. The molecule has 2 aromatic rings. The van der Waals surface area contributed by atoms with E-state index in [4.69, 9.17) is 0 Å². The summed E-state index contributed by atoms with van der Waals surface area (Å²) in [6.45, 7) is 0. The molecule has 1 unspecified atom stereocenters. The molecule has 0 fully saturated rings. The lowest BCUT2D eigenvalue weighted by Gasteiger charge is -2.15. The van der Waals surface area contributed by atoms with Crippen LogP contribution in [0.1, 0.15) is 10.6 Å². The Labute approximate surface area is 114 Å². The summed E-state index contributed by atoms with van der Waals surface area (Å²) in [5, 5.41) is 5.48. The van der Waals surface area contributed by atoms with Crippen LogP contribution in [0.25, 0.3) is 0 Å². The Balaban J connectivity index is 2.00. The van der Waals surface area contributed by atoms with Crippen molar-refractivity contribution in [2.45, 2.75) is 18.9 Å². The maximum absolute atomic E-state index is 4.37. The monoisotopic (exact) mass is 310 g/mol. The first-order valence-corrected chi connectivity index (χ1v) is 7.26. The number of thiophene rings is 1. The van der Waals surface area contributed by atoms with E-state index in [9.17, 15) is 0 Å². The molecule has 0 radical (unpaired) electrons. The minimum absolute atomic E-state index is 0.430. The molecular weight excluding hydrogens is 296 g/mol. The largest absolute Gasteiger partial charge is 0.316 e. The molecule has 0 spiro atoms. The zero-order chi connectivity index (χ0) is 12.1. The number of hydrogen-bond donors (Lipinski definition) is 1. The van der Waals surface area contributed by atoms with Gasteiger partial charge in [-0.25, -0.2) is 0 Å². The number of nitrogens with zero attached hydrogens (tertiary/aromatic N) is 1. The zero-order valence-corrected chi connectivity index (χ0v) is 12.1. The van der Waals surface area contributed by atoms with Gasteiger partial charge in [0.15, 0.2) is 0 Å². The summed E-state index contributed by atoms with van der Waals surface area (Å²) in [7, 11) is 2.01. The Kier molecular flexibility index (Phi) is 4.71. The maximum atomic E-state index is 4.37. The third-order valence-corrected chi connectivity index (χ3v) is 4.66. The molecule has 2 heterocycles. The van der Waals surface area contributed by atoms with E-state index in [1.807, 2.05) is 25.4 Å². The fourth-order valence-electron chi connectivity index (χ4n) is 1.74. The summed E-state index contributed by atoms with van der Waals surface area (Å²) in [5.74, 6) is 0. The standard InChI is InChI=1S/C13H15BrN2S/c1-15-11(8-10-4-2-3-6-16-10)9-13-12(14)5-7-17-13/h2-7,11,15H,8-9H2,1H3. The van der Waals surface area contributed by atoms with Crippen molar-refractivity contribution in [2.24, 2.45) is 0 Å². The van der Waals surface area contributed by atoms with Gasteiger partial charge in [0.1, 0.15) is 0 Å². The average molecular weight is 311 g/mol. The molecule has 0 bridgehead atoms. The molecule has 90 valence electrons. The lowest BCUT2D eigenvalue weighted by Crippen LogP contribution is -2.30. The van der Waals surface area contributed by atoms with Gasteiger partial charge in [-0.1, -0.05) is 6.07 Å². The summed E-state index contributed by atoms with van der Waals surface area (Å²) in [5.41, 5.74) is 1.14. The highest BCUT2D eigenvalue weighted by Gasteiger charge is 2.11. The second-order valence-corrected chi connectivity index (χ2v) is 5.76. The fraction of sp³-hybridized carbons (Fsp3) is 0.308. The van der Waals surface area contributed by atoms with Gasteiger partial charge in [-0.3, -0.25) is 4.98 Å². The smallest absolute Gasteiger partial charge is 0.0419 e. The molecular formula is C13H15BrN2S. The first kappa shape index (κ1) is 12.7. The SMILES string of the molecule is CNC(Cc1ccccn1)Cc1sccc1Br. The molecule has 0 aromatic carbocycles. The normalized spacial score (nSPS) is 12.6. The first-order chi connectivity index (χ1) is 8.29. The highest BCUT2D eigenvalue weighted by Crippen LogP contribution is 2.24. The van der Waals surface area contributed by atoms with Crippen LogP contribution >= 0.6 is 27.3 Å². The van der Waals surface area contributed by atoms with Crippen LogP contribution < -0.4 is 5.32 Å². The molecule has 0 aliphatic heterocycles. The van der Waals surface area contributed by atoms with Gasteiger partial charge < -0.3 is 5.32 Å². The lowest BCUT2D eigenvalue weighted by molar-refractivity contribution is 0.553. The van der Waals surface area contributed by atoms with Crippen LogP contribution in [0, 0.1) is 0 Å². The molecule has 0 aliphatic carbocycles. The van der Waals surface area contributed by atoms with E-state index in [1.165, 1.54) is 9.35 Å². The van der Waals surface area contributed by atoms with Crippen LogP contribution in [-0.2, 0) is 12.8 Å². The molecule has 0 aliphatic rings. The summed E-state index contributed by atoms with van der Waals surface area (Å²) in [6.07, 6.45) is 3.84. The van der Waals surface area contributed by atoms with Crippen LogP contribution in [0.5, 0.6) is 0 Å². The van der Waals surface area contributed by atoms with E-state index < -0.39 is 0 Å². The van der Waals surface area contributed by atoms with Crippen molar-refractivity contribution in [3.8, 4) is 0 Å². The van der Waals surface area contributed by atoms with Gasteiger partial charge in [0.2, 0.25) is 0 Å². The van der Waals surface area contributed by atoms with Crippen molar-refractivity contribution in [3.05, 3.63) is 50.9 Å². The van der Waals surface area contributed by atoms with Gasteiger partial charge >= 0.3 is 0 Å². The van der Waals surface area contributed by atoms with Gasteiger partial charge in [-0.05, 0) is 53.0 Å². The number of rotatable bonds is 5. The van der Waals surface area contributed by atoms with Crippen molar-refractivity contribution in [3.63, 3.8) is 0 Å². The number of hydrogen-bond acceptors (Lipinski definition) is 3. The predicted octanol–water partition coefficient (Wildman–Crippen LogP) is 3.28. The quantitative estimate of drug-likeness (QED) is 0.916. The highest BCUT2D eigenvalue weighted by molar-refractivity contribution is 9.10. The van der Waals surface area contributed by atoms with E-state index in [-0.39, 0.29) is 0 Å². The van der Waals surface area contributed by atoms with E-state index >= 15 is 0 Å².